The Morgan fingerprint density at radius 3 is 2.62 bits per heavy atom. The Morgan fingerprint density at radius 2 is 1.95 bits per heavy atom. The Labute approximate surface area is 129 Å². The minimum absolute atomic E-state index is 0.0372. The number of hydrogen-bond donors (Lipinski definition) is 0. The molecular formula is C17H19NO2S. The van der Waals surface area contributed by atoms with Crippen molar-refractivity contribution in [2.24, 2.45) is 5.41 Å². The molecule has 1 aromatic carbocycles. The van der Waals surface area contributed by atoms with Gasteiger partial charge < -0.3 is 4.74 Å². The molecule has 0 bridgehead atoms. The Morgan fingerprint density at radius 1 is 1.24 bits per heavy atom. The highest BCUT2D eigenvalue weighted by atomic mass is 32.1. The number of thiazole rings is 1. The number of benzene rings is 1. The number of ether oxygens (including phenoxy) is 1. The van der Waals surface area contributed by atoms with Crippen molar-refractivity contribution in [3.05, 3.63) is 45.4 Å². The molecule has 0 aliphatic heterocycles. The Bertz CT molecular complexity index is 671. The summed E-state index contributed by atoms with van der Waals surface area (Å²) in [6.07, 6.45) is 2.30. The van der Waals surface area contributed by atoms with E-state index >= 15 is 0 Å². The van der Waals surface area contributed by atoms with E-state index < -0.39 is 0 Å². The summed E-state index contributed by atoms with van der Waals surface area (Å²) in [5.41, 5.74) is 2.22. The number of ketones is 1. The van der Waals surface area contributed by atoms with Crippen LogP contribution in [0.2, 0.25) is 0 Å². The van der Waals surface area contributed by atoms with Crippen LogP contribution in [0.3, 0.4) is 0 Å². The van der Waals surface area contributed by atoms with Gasteiger partial charge in [-0.25, -0.2) is 4.98 Å². The van der Waals surface area contributed by atoms with Crippen molar-refractivity contribution >= 4 is 17.1 Å². The van der Waals surface area contributed by atoms with Gasteiger partial charge in [0.1, 0.15) is 5.75 Å². The predicted molar refractivity (Wildman–Crippen MR) is 84.3 cm³/mol. The molecule has 21 heavy (non-hydrogen) atoms. The first kappa shape index (κ1) is 14.3. The zero-order chi connectivity index (χ0) is 15.0. The van der Waals surface area contributed by atoms with Gasteiger partial charge in [0.25, 0.3) is 0 Å². The summed E-state index contributed by atoms with van der Waals surface area (Å²) in [7, 11) is 1.66. The predicted octanol–water partition coefficient (Wildman–Crippen LogP) is 3.90. The summed E-state index contributed by atoms with van der Waals surface area (Å²) in [6, 6.07) is 8.00. The largest absolute Gasteiger partial charge is 0.497 e. The molecule has 0 saturated heterocycles. The third-order valence-corrected chi connectivity index (χ3v) is 4.93. The van der Waals surface area contributed by atoms with Gasteiger partial charge in [0.2, 0.25) is 0 Å². The molecule has 1 aliphatic carbocycles. The number of fused-ring (bicyclic) bond motifs is 1. The highest BCUT2D eigenvalue weighted by molar-refractivity contribution is 7.13. The highest BCUT2D eigenvalue weighted by Gasteiger charge is 2.33. The van der Waals surface area contributed by atoms with Gasteiger partial charge in [-0.05, 0) is 29.5 Å². The topological polar surface area (TPSA) is 39.2 Å². The van der Waals surface area contributed by atoms with Crippen molar-refractivity contribution in [3.8, 4) is 5.75 Å². The third kappa shape index (κ3) is 3.00. The summed E-state index contributed by atoms with van der Waals surface area (Å²) >= 11 is 1.56. The van der Waals surface area contributed by atoms with Gasteiger partial charge in [0.15, 0.2) is 5.78 Å². The molecule has 0 N–H and O–H groups in total. The average molecular weight is 301 g/mol. The van der Waals surface area contributed by atoms with Crippen LogP contribution in [0.5, 0.6) is 5.75 Å². The zero-order valence-electron chi connectivity index (χ0n) is 12.6. The fraction of sp³-hybridized carbons (Fsp3) is 0.412. The second-order valence-corrected chi connectivity index (χ2v) is 7.43. The average Bonchev–Trinajstić information content (AvgIpc) is 2.81. The molecule has 110 valence electrons. The van der Waals surface area contributed by atoms with Gasteiger partial charge in [0, 0.05) is 12.8 Å². The van der Waals surface area contributed by atoms with Gasteiger partial charge in [-0.15, -0.1) is 11.3 Å². The van der Waals surface area contributed by atoms with Crippen molar-refractivity contribution in [2.75, 3.05) is 7.11 Å². The standard InChI is InChI=1S/C17H19NO2S/c1-17(2)9-13-16(14(19)10-17)21-15(18-13)8-11-4-6-12(20-3)7-5-11/h4-7H,8-10H2,1-3H3. The maximum absolute atomic E-state index is 12.2. The van der Waals surface area contributed by atoms with E-state index in [2.05, 4.69) is 13.8 Å². The summed E-state index contributed by atoms with van der Waals surface area (Å²) in [5.74, 6) is 1.11. The first-order valence-electron chi connectivity index (χ1n) is 7.11. The second kappa shape index (κ2) is 5.26. The molecule has 0 fully saturated rings. The zero-order valence-corrected chi connectivity index (χ0v) is 13.4. The second-order valence-electron chi connectivity index (χ2n) is 6.35. The maximum atomic E-state index is 12.2. The Balaban J connectivity index is 1.83. The molecular weight excluding hydrogens is 282 g/mol. The molecule has 3 rings (SSSR count). The van der Waals surface area contributed by atoms with E-state index in [0.717, 1.165) is 34.2 Å². The lowest BCUT2D eigenvalue weighted by Crippen LogP contribution is -2.26. The van der Waals surface area contributed by atoms with Crippen molar-refractivity contribution in [3.63, 3.8) is 0 Å². The van der Waals surface area contributed by atoms with E-state index in [9.17, 15) is 4.79 Å². The lowest BCUT2D eigenvalue weighted by Gasteiger charge is -2.26. The molecule has 3 nitrogen and oxygen atoms in total. The smallest absolute Gasteiger partial charge is 0.175 e. The van der Waals surface area contributed by atoms with Crippen LogP contribution in [-0.2, 0) is 12.8 Å². The van der Waals surface area contributed by atoms with E-state index in [1.54, 1.807) is 18.4 Å². The van der Waals surface area contributed by atoms with E-state index in [4.69, 9.17) is 9.72 Å². The van der Waals surface area contributed by atoms with Gasteiger partial charge in [-0.2, -0.15) is 0 Å². The van der Waals surface area contributed by atoms with Gasteiger partial charge in [0.05, 0.1) is 22.7 Å². The number of carbonyl (C=O) groups excluding carboxylic acids is 1. The fourth-order valence-corrected chi connectivity index (χ4v) is 3.81. The summed E-state index contributed by atoms with van der Waals surface area (Å²) < 4.78 is 5.16. The first-order chi connectivity index (χ1) is 9.97. The van der Waals surface area contributed by atoms with Crippen molar-refractivity contribution in [1.29, 1.82) is 0 Å². The van der Waals surface area contributed by atoms with Crippen LogP contribution in [-0.4, -0.2) is 17.9 Å². The molecule has 1 heterocycles. The number of rotatable bonds is 3. The van der Waals surface area contributed by atoms with Crippen LogP contribution >= 0.6 is 11.3 Å². The lowest BCUT2D eigenvalue weighted by molar-refractivity contribution is 0.0916. The molecule has 0 atom stereocenters. The van der Waals surface area contributed by atoms with Crippen LogP contribution < -0.4 is 4.74 Å². The normalized spacial score (nSPS) is 16.6. The number of nitrogens with zero attached hydrogens (tertiary/aromatic N) is 1. The van der Waals surface area contributed by atoms with Crippen LogP contribution in [0, 0.1) is 5.41 Å². The van der Waals surface area contributed by atoms with Gasteiger partial charge in [-0.3, -0.25) is 4.79 Å². The molecule has 1 aromatic heterocycles. The van der Waals surface area contributed by atoms with E-state index in [-0.39, 0.29) is 11.2 Å². The van der Waals surface area contributed by atoms with E-state index in [1.807, 2.05) is 24.3 Å². The molecule has 4 heteroatoms. The number of aromatic nitrogens is 1. The summed E-state index contributed by atoms with van der Waals surface area (Å²) in [6.45, 7) is 4.27. The van der Waals surface area contributed by atoms with Crippen LogP contribution in [0.4, 0.5) is 0 Å². The molecule has 0 saturated carbocycles. The van der Waals surface area contributed by atoms with Crippen molar-refractivity contribution in [2.45, 2.75) is 33.1 Å². The number of methoxy groups -OCH3 is 1. The fourth-order valence-electron chi connectivity index (χ4n) is 2.76. The van der Waals surface area contributed by atoms with E-state index in [1.165, 1.54) is 5.56 Å². The van der Waals surface area contributed by atoms with Crippen molar-refractivity contribution < 1.29 is 9.53 Å². The minimum Gasteiger partial charge on any atom is -0.497 e. The van der Waals surface area contributed by atoms with Gasteiger partial charge >= 0.3 is 0 Å². The molecule has 0 amide bonds. The lowest BCUT2D eigenvalue weighted by atomic mass is 9.78. The van der Waals surface area contributed by atoms with Crippen LogP contribution in [0.15, 0.2) is 24.3 Å². The monoisotopic (exact) mass is 301 g/mol. The minimum atomic E-state index is 0.0372. The Kier molecular flexibility index (Phi) is 3.57. The number of carbonyl (C=O) groups is 1. The summed E-state index contributed by atoms with van der Waals surface area (Å²) in [4.78, 5) is 17.8. The van der Waals surface area contributed by atoms with Crippen LogP contribution in [0.25, 0.3) is 0 Å². The molecule has 2 aromatic rings. The third-order valence-electron chi connectivity index (χ3n) is 3.79. The quantitative estimate of drug-likeness (QED) is 0.863. The number of Topliss-reactive ketones (excluding diaryl/α,β-unsaturated/α-hetero) is 1. The van der Waals surface area contributed by atoms with Gasteiger partial charge in [-0.1, -0.05) is 26.0 Å². The highest BCUT2D eigenvalue weighted by Crippen LogP contribution is 2.37. The molecule has 0 spiro atoms. The number of hydrogen-bond acceptors (Lipinski definition) is 4. The SMILES string of the molecule is COc1ccc(Cc2nc3c(s2)C(=O)CC(C)(C)C3)cc1. The van der Waals surface area contributed by atoms with E-state index in [0.29, 0.717) is 6.42 Å². The Hall–Kier alpha value is -1.68. The maximum Gasteiger partial charge on any atom is 0.175 e. The first-order valence-corrected chi connectivity index (χ1v) is 7.93. The van der Waals surface area contributed by atoms with Crippen LogP contribution in [0.1, 0.15) is 46.2 Å². The summed E-state index contributed by atoms with van der Waals surface area (Å²) in [5, 5.41) is 1.02. The molecule has 0 unspecified atom stereocenters. The van der Waals surface area contributed by atoms with Crippen molar-refractivity contribution in [1.82, 2.24) is 4.98 Å². The molecule has 1 aliphatic rings. The molecule has 0 radical (unpaired) electrons.